The smallest absolute Gasteiger partial charge is 0.139 e. The Bertz CT molecular complexity index is 1830. The predicted octanol–water partition coefficient (Wildman–Crippen LogP) is 9.00. The van der Waals surface area contributed by atoms with E-state index in [2.05, 4.69) is 77.4 Å². The number of hydrogen-bond donors (Lipinski definition) is 0. The van der Waals surface area contributed by atoms with Gasteiger partial charge >= 0.3 is 0 Å². The zero-order chi connectivity index (χ0) is 21.9. The number of benzene rings is 5. The fourth-order valence-corrected chi connectivity index (χ4v) is 5.22. The SMILES string of the molecule is Clc1cc(-n2c3ccccc3c3cc(-c4ccccc4)ccc32)c2c(c1)oc1ccccc12. The molecule has 0 amide bonds. The van der Waals surface area contributed by atoms with E-state index < -0.39 is 0 Å². The minimum absolute atomic E-state index is 0.656. The number of hydrogen-bond acceptors (Lipinski definition) is 1. The molecule has 0 atom stereocenters. The third-order valence-corrected chi connectivity index (χ3v) is 6.66. The van der Waals surface area contributed by atoms with Gasteiger partial charge in [-0.2, -0.15) is 0 Å². The molecule has 33 heavy (non-hydrogen) atoms. The minimum atomic E-state index is 0.656. The Hall–Kier alpha value is -4.01. The summed E-state index contributed by atoms with van der Waals surface area (Å²) >= 11 is 6.60. The van der Waals surface area contributed by atoms with Crippen LogP contribution in [0.5, 0.6) is 0 Å². The summed E-state index contributed by atoms with van der Waals surface area (Å²) < 4.78 is 8.49. The maximum absolute atomic E-state index is 6.60. The van der Waals surface area contributed by atoms with Crippen LogP contribution in [0.15, 0.2) is 114 Å². The van der Waals surface area contributed by atoms with Gasteiger partial charge in [-0.15, -0.1) is 0 Å². The van der Waals surface area contributed by atoms with Gasteiger partial charge in [0.05, 0.1) is 22.1 Å². The third-order valence-electron chi connectivity index (χ3n) is 6.44. The van der Waals surface area contributed by atoms with Crippen molar-refractivity contribution < 1.29 is 4.42 Å². The van der Waals surface area contributed by atoms with Crippen LogP contribution >= 0.6 is 11.6 Å². The molecule has 2 nitrogen and oxygen atoms in total. The van der Waals surface area contributed by atoms with Gasteiger partial charge in [0.25, 0.3) is 0 Å². The number of nitrogens with zero attached hydrogens (tertiary/aromatic N) is 1. The molecule has 0 radical (unpaired) electrons. The highest BCUT2D eigenvalue weighted by molar-refractivity contribution is 6.32. The van der Waals surface area contributed by atoms with Crippen LogP contribution in [0.1, 0.15) is 0 Å². The lowest BCUT2D eigenvalue weighted by atomic mass is 10.0. The number of para-hydroxylation sites is 2. The second-order valence-corrected chi connectivity index (χ2v) is 8.78. The van der Waals surface area contributed by atoms with Crippen molar-refractivity contribution in [1.82, 2.24) is 4.57 Å². The van der Waals surface area contributed by atoms with Crippen molar-refractivity contribution in [3.8, 4) is 16.8 Å². The fourth-order valence-electron chi connectivity index (χ4n) is 5.02. The van der Waals surface area contributed by atoms with E-state index in [1.54, 1.807) is 0 Å². The summed E-state index contributed by atoms with van der Waals surface area (Å²) in [6.45, 7) is 0. The first-order chi connectivity index (χ1) is 16.3. The fraction of sp³-hybridized carbons (Fsp3) is 0. The highest BCUT2D eigenvalue weighted by Gasteiger charge is 2.18. The molecular weight excluding hydrogens is 426 g/mol. The first-order valence-corrected chi connectivity index (χ1v) is 11.4. The monoisotopic (exact) mass is 443 g/mol. The zero-order valence-corrected chi connectivity index (χ0v) is 18.4. The van der Waals surface area contributed by atoms with Crippen molar-refractivity contribution in [1.29, 1.82) is 0 Å². The molecule has 0 saturated carbocycles. The van der Waals surface area contributed by atoms with Crippen LogP contribution < -0.4 is 0 Å². The number of aromatic nitrogens is 1. The number of rotatable bonds is 2. The molecule has 0 unspecified atom stereocenters. The van der Waals surface area contributed by atoms with Gasteiger partial charge < -0.3 is 8.98 Å². The minimum Gasteiger partial charge on any atom is -0.456 e. The summed E-state index contributed by atoms with van der Waals surface area (Å²) in [6, 6.07) is 37.9. The number of halogens is 1. The van der Waals surface area contributed by atoms with Crippen molar-refractivity contribution in [2.45, 2.75) is 0 Å². The van der Waals surface area contributed by atoms with Crippen LogP contribution in [0.3, 0.4) is 0 Å². The largest absolute Gasteiger partial charge is 0.456 e. The average Bonchev–Trinajstić information content (AvgIpc) is 3.39. The Labute approximate surface area is 195 Å². The molecule has 0 N–H and O–H groups in total. The molecule has 0 bridgehead atoms. The number of furan rings is 1. The van der Waals surface area contributed by atoms with Crippen LogP contribution in [0, 0.1) is 0 Å². The van der Waals surface area contributed by atoms with Crippen molar-refractivity contribution >= 4 is 55.3 Å². The highest BCUT2D eigenvalue weighted by Crippen LogP contribution is 2.40. The molecule has 7 rings (SSSR count). The maximum Gasteiger partial charge on any atom is 0.139 e. The summed E-state index contributed by atoms with van der Waals surface area (Å²) in [5, 5.41) is 5.25. The normalized spacial score (nSPS) is 11.8. The van der Waals surface area contributed by atoms with Crippen LogP contribution in [-0.2, 0) is 0 Å². The van der Waals surface area contributed by atoms with Crippen LogP contribution in [0.4, 0.5) is 0 Å². The van der Waals surface area contributed by atoms with Gasteiger partial charge in [-0.3, -0.25) is 0 Å². The Balaban J connectivity index is 1.62. The molecule has 0 saturated heterocycles. The van der Waals surface area contributed by atoms with Gasteiger partial charge in [0.15, 0.2) is 0 Å². The van der Waals surface area contributed by atoms with Gasteiger partial charge in [-0.05, 0) is 41.5 Å². The molecule has 2 aromatic heterocycles. The van der Waals surface area contributed by atoms with Crippen LogP contribution in [-0.4, -0.2) is 4.57 Å². The Morgan fingerprint density at radius 2 is 1.27 bits per heavy atom. The van der Waals surface area contributed by atoms with Gasteiger partial charge in [0, 0.05) is 27.2 Å². The van der Waals surface area contributed by atoms with Gasteiger partial charge in [-0.25, -0.2) is 0 Å². The summed E-state index contributed by atoms with van der Waals surface area (Å²) in [5.74, 6) is 0. The Morgan fingerprint density at radius 1 is 0.545 bits per heavy atom. The van der Waals surface area contributed by atoms with Crippen molar-refractivity contribution in [2.75, 3.05) is 0 Å². The van der Waals surface area contributed by atoms with Gasteiger partial charge in [0.2, 0.25) is 0 Å². The van der Waals surface area contributed by atoms with Gasteiger partial charge in [-0.1, -0.05) is 84.4 Å². The van der Waals surface area contributed by atoms with E-state index in [1.165, 1.54) is 21.9 Å². The van der Waals surface area contributed by atoms with Crippen molar-refractivity contribution in [3.63, 3.8) is 0 Å². The van der Waals surface area contributed by atoms with E-state index in [9.17, 15) is 0 Å². The van der Waals surface area contributed by atoms with Crippen LogP contribution in [0.2, 0.25) is 5.02 Å². The third kappa shape index (κ3) is 2.75. The van der Waals surface area contributed by atoms with E-state index in [0.717, 1.165) is 38.7 Å². The molecule has 2 heterocycles. The average molecular weight is 444 g/mol. The van der Waals surface area contributed by atoms with Crippen molar-refractivity contribution in [3.05, 3.63) is 114 Å². The lowest BCUT2D eigenvalue weighted by Crippen LogP contribution is -1.95. The first kappa shape index (κ1) is 18.6. The summed E-state index contributed by atoms with van der Waals surface area (Å²) in [5.41, 5.74) is 7.39. The number of fused-ring (bicyclic) bond motifs is 6. The molecular formula is C30H18ClNO. The molecule has 0 aliphatic rings. The molecule has 0 spiro atoms. The van der Waals surface area contributed by atoms with E-state index >= 15 is 0 Å². The summed E-state index contributed by atoms with van der Waals surface area (Å²) in [7, 11) is 0. The predicted molar refractivity (Wildman–Crippen MR) is 139 cm³/mol. The molecule has 156 valence electrons. The second-order valence-electron chi connectivity index (χ2n) is 8.35. The summed E-state index contributed by atoms with van der Waals surface area (Å²) in [6.07, 6.45) is 0. The standard InChI is InChI=1S/C30H18ClNO/c31-21-17-27(30-23-11-5-7-13-28(23)33-29(30)18-21)32-25-12-6-4-10-22(25)24-16-20(14-15-26(24)32)19-8-2-1-3-9-19/h1-18H. The van der Waals surface area contributed by atoms with Crippen LogP contribution in [0.25, 0.3) is 60.6 Å². The lowest BCUT2D eigenvalue weighted by molar-refractivity contribution is 0.669. The van der Waals surface area contributed by atoms with Gasteiger partial charge in [0.1, 0.15) is 11.2 Å². The van der Waals surface area contributed by atoms with E-state index in [1.807, 2.05) is 36.4 Å². The van der Waals surface area contributed by atoms with Crippen molar-refractivity contribution in [2.24, 2.45) is 0 Å². The second kappa shape index (κ2) is 6.99. The van der Waals surface area contributed by atoms with E-state index in [4.69, 9.17) is 16.0 Å². The molecule has 0 fully saturated rings. The highest BCUT2D eigenvalue weighted by atomic mass is 35.5. The lowest BCUT2D eigenvalue weighted by Gasteiger charge is -2.11. The van der Waals surface area contributed by atoms with E-state index in [-0.39, 0.29) is 0 Å². The quantitative estimate of drug-likeness (QED) is 0.260. The Kier molecular flexibility index (Phi) is 3.93. The maximum atomic E-state index is 6.60. The molecule has 5 aromatic carbocycles. The molecule has 0 aliphatic heterocycles. The topological polar surface area (TPSA) is 18.1 Å². The molecule has 0 aliphatic carbocycles. The summed E-state index contributed by atoms with van der Waals surface area (Å²) in [4.78, 5) is 0. The molecule has 7 aromatic rings. The zero-order valence-electron chi connectivity index (χ0n) is 17.6. The molecule has 3 heteroatoms. The van der Waals surface area contributed by atoms with E-state index in [0.29, 0.717) is 5.02 Å². The Morgan fingerprint density at radius 3 is 2.15 bits per heavy atom. The first-order valence-electron chi connectivity index (χ1n) is 11.0.